The molecule has 0 spiro atoms. The highest BCUT2D eigenvalue weighted by Crippen LogP contribution is 1.98. The van der Waals surface area contributed by atoms with E-state index in [1.165, 1.54) is 0 Å². The zero-order valence-corrected chi connectivity index (χ0v) is 8.26. The van der Waals surface area contributed by atoms with Gasteiger partial charge in [-0.3, -0.25) is 0 Å². The normalized spacial score (nSPS) is 10.1. The zero-order chi connectivity index (χ0) is 9.84. The third-order valence-electron chi connectivity index (χ3n) is 1.85. The lowest BCUT2D eigenvalue weighted by Crippen LogP contribution is -2.37. The first-order valence-electron chi connectivity index (χ1n) is 4.45. The number of aryl methyl sites for hydroxylation is 2. The maximum absolute atomic E-state index is 11.3. The molecule has 0 amide bonds. The lowest BCUT2D eigenvalue weighted by Gasteiger charge is -1.94. The average molecular weight is 183 g/mol. The number of nitrogens with zero attached hydrogens (tertiary/aromatic N) is 1. The molecule has 0 saturated heterocycles. The predicted octanol–water partition coefficient (Wildman–Crippen LogP) is 0.807. The molecule has 0 bridgehead atoms. The summed E-state index contributed by atoms with van der Waals surface area (Å²) < 4.78 is 6.75. The van der Waals surface area contributed by atoms with Crippen molar-refractivity contribution in [3.63, 3.8) is 0 Å². The SMILES string of the molecule is CCOC(=O)c1cc(C)[n+](CC)[nH]1. The Hall–Kier alpha value is -1.32. The summed E-state index contributed by atoms with van der Waals surface area (Å²) in [5, 5.41) is 2.96. The summed E-state index contributed by atoms with van der Waals surface area (Å²) >= 11 is 0. The van der Waals surface area contributed by atoms with E-state index in [0.29, 0.717) is 12.3 Å². The maximum Gasteiger partial charge on any atom is 0.360 e. The standard InChI is InChI=1S/C9H14N2O2/c1-4-11-7(3)6-8(10-11)9(12)13-5-2/h6H,4-5H2,1-3H3/p+1. The summed E-state index contributed by atoms with van der Waals surface area (Å²) in [6, 6.07) is 1.79. The topological polar surface area (TPSA) is 46.0 Å². The van der Waals surface area contributed by atoms with Gasteiger partial charge in [-0.15, -0.1) is 4.68 Å². The highest BCUT2D eigenvalue weighted by atomic mass is 16.5. The summed E-state index contributed by atoms with van der Waals surface area (Å²) in [7, 11) is 0. The lowest BCUT2D eigenvalue weighted by molar-refractivity contribution is -0.752. The molecule has 1 rings (SSSR count). The molecular weight excluding hydrogens is 168 g/mol. The minimum Gasteiger partial charge on any atom is -0.461 e. The molecule has 1 heterocycles. The van der Waals surface area contributed by atoms with Crippen LogP contribution >= 0.6 is 0 Å². The monoisotopic (exact) mass is 183 g/mol. The minimum absolute atomic E-state index is 0.294. The Morgan fingerprint density at radius 1 is 1.62 bits per heavy atom. The van der Waals surface area contributed by atoms with Gasteiger partial charge in [-0.05, 0) is 13.8 Å². The molecular formula is C9H15N2O2+. The van der Waals surface area contributed by atoms with Crippen LogP contribution in [0.3, 0.4) is 0 Å². The van der Waals surface area contributed by atoms with Gasteiger partial charge in [0.25, 0.3) is 0 Å². The minimum atomic E-state index is -0.294. The van der Waals surface area contributed by atoms with Crippen LogP contribution in [0, 0.1) is 6.92 Å². The molecule has 0 aromatic carbocycles. The highest BCUT2D eigenvalue weighted by molar-refractivity contribution is 5.86. The number of aromatic amines is 1. The Bertz CT molecular complexity index is 305. The van der Waals surface area contributed by atoms with Crippen molar-refractivity contribution in [2.45, 2.75) is 27.3 Å². The molecule has 4 heteroatoms. The Morgan fingerprint density at radius 3 is 2.77 bits per heavy atom. The van der Waals surface area contributed by atoms with E-state index in [9.17, 15) is 4.79 Å². The molecule has 0 aliphatic rings. The smallest absolute Gasteiger partial charge is 0.360 e. The number of aromatic nitrogens is 2. The second kappa shape index (κ2) is 4.07. The maximum atomic E-state index is 11.3. The molecule has 0 saturated carbocycles. The van der Waals surface area contributed by atoms with Crippen LogP contribution < -0.4 is 4.68 Å². The van der Waals surface area contributed by atoms with E-state index in [0.717, 1.165) is 12.2 Å². The Kier molecular flexibility index (Phi) is 3.06. The summed E-state index contributed by atoms with van der Waals surface area (Å²) in [6.07, 6.45) is 0. The van der Waals surface area contributed by atoms with E-state index < -0.39 is 0 Å². The van der Waals surface area contributed by atoms with Crippen LogP contribution in [0.25, 0.3) is 0 Å². The number of carbonyl (C=O) groups excluding carboxylic acids is 1. The zero-order valence-electron chi connectivity index (χ0n) is 8.26. The van der Waals surface area contributed by atoms with Gasteiger partial charge >= 0.3 is 5.97 Å². The van der Waals surface area contributed by atoms with Gasteiger partial charge in [-0.25, -0.2) is 4.79 Å². The molecule has 72 valence electrons. The third kappa shape index (κ3) is 2.08. The van der Waals surface area contributed by atoms with Crippen LogP contribution in [0.2, 0.25) is 0 Å². The molecule has 0 atom stereocenters. The molecule has 4 nitrogen and oxygen atoms in total. The molecule has 0 aliphatic carbocycles. The Labute approximate surface area is 77.5 Å². The van der Waals surface area contributed by atoms with Crippen molar-refractivity contribution in [3.8, 4) is 0 Å². The second-order valence-electron chi connectivity index (χ2n) is 2.78. The van der Waals surface area contributed by atoms with Gasteiger partial charge in [0.15, 0.2) is 12.2 Å². The Balaban J connectivity index is 2.84. The largest absolute Gasteiger partial charge is 0.461 e. The van der Waals surface area contributed by atoms with Gasteiger partial charge in [0.2, 0.25) is 5.69 Å². The highest BCUT2D eigenvalue weighted by Gasteiger charge is 2.16. The number of ether oxygens (including phenoxy) is 1. The second-order valence-corrected chi connectivity index (χ2v) is 2.78. The quantitative estimate of drug-likeness (QED) is 0.556. The lowest BCUT2D eigenvalue weighted by atomic mass is 10.4. The molecule has 0 aliphatic heterocycles. The fourth-order valence-corrected chi connectivity index (χ4v) is 1.19. The first-order chi connectivity index (χ1) is 6.19. The van der Waals surface area contributed by atoms with Crippen LogP contribution in [0.4, 0.5) is 0 Å². The van der Waals surface area contributed by atoms with Crippen molar-refractivity contribution in [1.82, 2.24) is 5.10 Å². The van der Waals surface area contributed by atoms with Crippen LogP contribution in [-0.2, 0) is 11.3 Å². The number of rotatable bonds is 3. The van der Waals surface area contributed by atoms with Crippen LogP contribution in [0.1, 0.15) is 30.0 Å². The summed E-state index contributed by atoms with van der Waals surface area (Å²) in [5.41, 5.74) is 1.55. The number of H-pyrrole nitrogens is 1. The van der Waals surface area contributed by atoms with E-state index in [1.54, 1.807) is 13.0 Å². The number of carbonyl (C=O) groups is 1. The van der Waals surface area contributed by atoms with Crippen molar-refractivity contribution in [1.29, 1.82) is 0 Å². The molecule has 13 heavy (non-hydrogen) atoms. The first kappa shape index (κ1) is 9.77. The summed E-state index contributed by atoms with van der Waals surface area (Å²) in [5.74, 6) is -0.294. The van der Waals surface area contributed by atoms with Crippen LogP contribution in [0.15, 0.2) is 6.07 Å². The molecule has 0 unspecified atom stereocenters. The van der Waals surface area contributed by atoms with Crippen molar-refractivity contribution in [2.24, 2.45) is 0 Å². The van der Waals surface area contributed by atoms with Gasteiger partial charge in [0, 0.05) is 13.0 Å². The number of esters is 1. The average Bonchev–Trinajstić information content (AvgIpc) is 2.47. The fraction of sp³-hybridized carbons (Fsp3) is 0.556. The Morgan fingerprint density at radius 2 is 2.31 bits per heavy atom. The van der Waals surface area contributed by atoms with Gasteiger partial charge in [-0.1, -0.05) is 0 Å². The number of hydrogen-bond acceptors (Lipinski definition) is 2. The van der Waals surface area contributed by atoms with E-state index in [4.69, 9.17) is 4.74 Å². The van der Waals surface area contributed by atoms with Crippen molar-refractivity contribution < 1.29 is 14.2 Å². The number of hydrogen-bond donors (Lipinski definition) is 1. The van der Waals surface area contributed by atoms with Crippen molar-refractivity contribution in [3.05, 3.63) is 17.5 Å². The first-order valence-corrected chi connectivity index (χ1v) is 4.45. The molecule has 1 aromatic rings. The van der Waals surface area contributed by atoms with Crippen LogP contribution in [0.5, 0.6) is 0 Å². The van der Waals surface area contributed by atoms with Crippen molar-refractivity contribution >= 4 is 5.97 Å². The van der Waals surface area contributed by atoms with Crippen molar-refractivity contribution in [2.75, 3.05) is 6.61 Å². The molecule has 0 fully saturated rings. The van der Waals surface area contributed by atoms with E-state index in [-0.39, 0.29) is 5.97 Å². The summed E-state index contributed by atoms with van der Waals surface area (Å²) in [6.45, 7) is 6.98. The fourth-order valence-electron chi connectivity index (χ4n) is 1.19. The van der Waals surface area contributed by atoms with Crippen LogP contribution in [-0.4, -0.2) is 17.7 Å². The summed E-state index contributed by atoms with van der Waals surface area (Å²) in [4.78, 5) is 11.3. The van der Waals surface area contributed by atoms with E-state index in [2.05, 4.69) is 5.10 Å². The van der Waals surface area contributed by atoms with E-state index in [1.807, 2.05) is 18.5 Å². The molecule has 0 radical (unpaired) electrons. The third-order valence-corrected chi connectivity index (χ3v) is 1.85. The predicted molar refractivity (Wildman–Crippen MR) is 47.4 cm³/mol. The molecule has 1 N–H and O–H groups in total. The van der Waals surface area contributed by atoms with Gasteiger partial charge in [0.05, 0.1) is 6.61 Å². The van der Waals surface area contributed by atoms with E-state index >= 15 is 0 Å². The van der Waals surface area contributed by atoms with Gasteiger partial charge < -0.3 is 4.74 Å². The van der Waals surface area contributed by atoms with Gasteiger partial charge in [-0.2, -0.15) is 5.10 Å². The molecule has 1 aromatic heterocycles. The van der Waals surface area contributed by atoms with Gasteiger partial charge in [0.1, 0.15) is 0 Å². The number of nitrogens with one attached hydrogen (secondary N) is 1.